The molecule has 37 heavy (non-hydrogen) atoms. The molecule has 1 aromatic heterocycles. The molecular formula is C24H18Cl3F3N2O4S. The Bertz CT molecular complexity index is 1460. The van der Waals surface area contributed by atoms with Gasteiger partial charge in [0.05, 0.1) is 21.4 Å². The molecule has 3 aromatic carbocycles. The smallest absolute Gasteiger partial charge is 0.517 e. The van der Waals surface area contributed by atoms with Gasteiger partial charge in [0.1, 0.15) is 0 Å². The van der Waals surface area contributed by atoms with Crippen LogP contribution in [-0.4, -0.2) is 13.0 Å². The lowest BCUT2D eigenvalue weighted by molar-refractivity contribution is -0.701. The number of hydrogen-bond acceptors (Lipinski definition) is 5. The summed E-state index contributed by atoms with van der Waals surface area (Å²) in [5, 5.41) is 1.08. The van der Waals surface area contributed by atoms with Crippen LogP contribution in [0.5, 0.6) is 0 Å². The van der Waals surface area contributed by atoms with E-state index in [1.807, 2.05) is 0 Å². The Balaban J connectivity index is 0.000000266. The average molecular weight is 594 g/mol. The van der Waals surface area contributed by atoms with E-state index in [0.717, 1.165) is 4.57 Å². The zero-order chi connectivity index (χ0) is 27.4. The highest BCUT2D eigenvalue weighted by Gasteiger charge is 2.49. The monoisotopic (exact) mass is 592 g/mol. The molecular weight excluding hydrogens is 576 g/mol. The summed E-state index contributed by atoms with van der Waals surface area (Å²) in [6.45, 7) is -0.0736. The van der Waals surface area contributed by atoms with Crippen molar-refractivity contribution >= 4 is 50.8 Å². The third-order valence-corrected chi connectivity index (χ3v) is 6.15. The van der Waals surface area contributed by atoms with E-state index in [-0.39, 0.29) is 28.2 Å². The van der Waals surface area contributed by atoms with Crippen molar-refractivity contribution in [1.29, 1.82) is 0 Å². The number of hydrogen-bond donors (Lipinski definition) is 1. The quantitative estimate of drug-likeness (QED) is 0.208. The van der Waals surface area contributed by atoms with Gasteiger partial charge in [-0.15, -0.1) is 4.57 Å². The van der Waals surface area contributed by atoms with E-state index < -0.39 is 27.9 Å². The van der Waals surface area contributed by atoms with Crippen LogP contribution in [0.2, 0.25) is 15.1 Å². The fraction of sp³-hybridized carbons (Fsp3) is 0.125. The van der Waals surface area contributed by atoms with Crippen molar-refractivity contribution in [1.82, 2.24) is 0 Å². The summed E-state index contributed by atoms with van der Waals surface area (Å²) in [7, 11) is -4.18. The van der Waals surface area contributed by atoms with Gasteiger partial charge < -0.3 is 14.7 Å². The van der Waals surface area contributed by atoms with Crippen molar-refractivity contribution in [2.24, 2.45) is 0 Å². The van der Waals surface area contributed by atoms with Crippen LogP contribution in [0, 0.1) is 0 Å². The van der Waals surface area contributed by atoms with E-state index in [1.165, 1.54) is 30.3 Å². The molecule has 4 rings (SSSR count). The number of halogens is 6. The summed E-state index contributed by atoms with van der Waals surface area (Å²) < 4.78 is 76.9. The second-order valence-electron chi connectivity index (χ2n) is 7.68. The molecule has 1 heterocycles. The fourth-order valence-electron chi connectivity index (χ4n) is 3.34. The molecule has 0 unspecified atom stereocenters. The molecule has 4 aromatic rings. The Hall–Kier alpha value is -2.76. The predicted molar refractivity (Wildman–Crippen MR) is 134 cm³/mol. The summed E-state index contributed by atoms with van der Waals surface area (Å²) in [5.41, 5.74) is 7.27. The number of anilines is 1. The van der Waals surface area contributed by atoms with E-state index in [4.69, 9.17) is 45.0 Å². The van der Waals surface area contributed by atoms with Gasteiger partial charge in [-0.3, -0.25) is 0 Å². The molecule has 0 atom stereocenters. The van der Waals surface area contributed by atoms with Crippen molar-refractivity contribution in [2.75, 3.05) is 5.73 Å². The maximum absolute atomic E-state index is 13.4. The third-order valence-electron chi connectivity index (χ3n) is 4.77. The highest BCUT2D eigenvalue weighted by atomic mass is 35.5. The summed E-state index contributed by atoms with van der Waals surface area (Å²) >= 11 is 17.5. The van der Waals surface area contributed by atoms with E-state index in [2.05, 4.69) is 0 Å². The van der Waals surface area contributed by atoms with Crippen molar-refractivity contribution in [3.05, 3.63) is 105 Å². The Labute approximate surface area is 225 Å². The van der Waals surface area contributed by atoms with Crippen molar-refractivity contribution in [2.45, 2.75) is 18.5 Å². The van der Waals surface area contributed by atoms with E-state index >= 15 is 0 Å². The molecule has 0 spiro atoms. The van der Waals surface area contributed by atoms with Crippen LogP contribution >= 0.6 is 34.8 Å². The highest BCUT2D eigenvalue weighted by molar-refractivity contribution is 7.84. The molecule has 0 bridgehead atoms. The lowest BCUT2D eigenvalue weighted by Crippen LogP contribution is -2.42. The van der Waals surface area contributed by atoms with Gasteiger partial charge in [0.2, 0.25) is 0 Å². The molecule has 0 fully saturated rings. The lowest BCUT2D eigenvalue weighted by Gasteiger charge is -2.05. The van der Waals surface area contributed by atoms with Crippen LogP contribution in [-0.2, 0) is 28.6 Å². The predicted octanol–water partition coefficient (Wildman–Crippen LogP) is 6.58. The van der Waals surface area contributed by atoms with Crippen LogP contribution in [0.4, 0.5) is 19.1 Å². The molecule has 0 aliphatic carbocycles. The normalized spacial score (nSPS) is 11.6. The Morgan fingerprint density at radius 3 is 1.95 bits per heavy atom. The molecule has 0 saturated carbocycles. The van der Waals surface area contributed by atoms with Gasteiger partial charge >= 0.3 is 12.1 Å². The summed E-state index contributed by atoms with van der Waals surface area (Å²) in [5.74, 6) is -2.04. The number of nitrogens with zero attached hydrogens (tertiary/aromatic N) is 1. The van der Waals surface area contributed by atoms with Gasteiger partial charge in [0.15, 0.2) is 6.54 Å². The molecule has 0 amide bonds. The number of alkyl halides is 3. The molecule has 13 heteroatoms. The molecule has 0 radical (unpaired) electrons. The summed E-state index contributed by atoms with van der Waals surface area (Å²) in [6.07, 6.45) is -4.70. The molecule has 6 nitrogen and oxygen atoms in total. The van der Waals surface area contributed by atoms with Gasteiger partial charge in [-0.25, -0.2) is 8.42 Å². The van der Waals surface area contributed by atoms with Crippen molar-refractivity contribution in [3.8, 4) is 11.3 Å². The van der Waals surface area contributed by atoms with Crippen LogP contribution in [0.1, 0.15) is 17.0 Å². The number of nitrogen functional groups attached to an aromatic ring is 1. The SMILES string of the molecule is Nc1oc(C(F)(F)F)[n+](Cc2ccccc2)c1-c1cc(Cl)cc(Cl)c1.O=S(=O)([O-])Cc1ccc(Cl)cc1. The van der Waals surface area contributed by atoms with Gasteiger partial charge in [-0.1, -0.05) is 77.3 Å². The van der Waals surface area contributed by atoms with Gasteiger partial charge in [0, 0.05) is 20.6 Å². The first-order valence-electron chi connectivity index (χ1n) is 10.3. The summed E-state index contributed by atoms with van der Waals surface area (Å²) in [4.78, 5) is 0. The minimum Gasteiger partial charge on any atom is -0.748 e. The Kier molecular flexibility index (Phi) is 9.14. The van der Waals surface area contributed by atoms with E-state index in [1.54, 1.807) is 42.5 Å². The maximum Gasteiger partial charge on any atom is 0.517 e. The van der Waals surface area contributed by atoms with Gasteiger partial charge in [-0.05, 0) is 35.9 Å². The standard InChI is InChI=1S/C17H12Cl2F3N2O.C7H7ClO3S/c18-12-6-11(7-13(19)8-12)14-15(23)25-16(17(20,21)22)24(14)9-10-4-2-1-3-5-10;8-7-3-1-6(2-4-7)5-12(9,10)11/h1-8H,9,23H2;1-4H,5H2,(H,9,10,11)/q+1;/p-1. The van der Waals surface area contributed by atoms with Crippen LogP contribution in [0.25, 0.3) is 11.3 Å². The van der Waals surface area contributed by atoms with Gasteiger partial charge in [-0.2, -0.15) is 13.2 Å². The molecule has 2 N–H and O–H groups in total. The second-order valence-corrected chi connectivity index (χ2v) is 10.4. The second kappa shape index (κ2) is 11.7. The average Bonchev–Trinajstić information content (AvgIpc) is 3.11. The van der Waals surface area contributed by atoms with E-state index in [9.17, 15) is 26.1 Å². The number of rotatable bonds is 5. The minimum atomic E-state index is -4.70. The van der Waals surface area contributed by atoms with Gasteiger partial charge in [0.25, 0.3) is 11.6 Å². The first-order valence-corrected chi connectivity index (χ1v) is 13.0. The minimum absolute atomic E-state index is 0.0700. The Morgan fingerprint density at radius 2 is 1.43 bits per heavy atom. The van der Waals surface area contributed by atoms with Crippen LogP contribution in [0.15, 0.2) is 77.2 Å². The lowest BCUT2D eigenvalue weighted by atomic mass is 10.1. The van der Waals surface area contributed by atoms with Crippen molar-refractivity contribution in [3.63, 3.8) is 0 Å². The molecule has 0 aliphatic rings. The molecule has 196 valence electrons. The number of nitrogens with two attached hydrogens (primary N) is 1. The number of oxazole rings is 1. The first-order chi connectivity index (χ1) is 17.2. The number of aromatic nitrogens is 1. The third kappa shape index (κ3) is 8.37. The van der Waals surface area contributed by atoms with Crippen LogP contribution in [0.3, 0.4) is 0 Å². The molecule has 0 aliphatic heterocycles. The largest absolute Gasteiger partial charge is 0.748 e. The highest BCUT2D eigenvalue weighted by Crippen LogP contribution is 2.35. The maximum atomic E-state index is 13.4. The summed E-state index contributed by atoms with van der Waals surface area (Å²) in [6, 6.07) is 19.2. The first kappa shape index (κ1) is 28.8. The van der Waals surface area contributed by atoms with Crippen LogP contribution < -0.4 is 10.3 Å². The number of benzene rings is 3. The topological polar surface area (TPSA) is 100 Å². The Morgan fingerprint density at radius 1 is 0.865 bits per heavy atom. The van der Waals surface area contributed by atoms with Crippen molar-refractivity contribution < 1.29 is 35.1 Å². The fourth-order valence-corrected chi connectivity index (χ4v) is 4.60. The zero-order valence-corrected chi connectivity index (χ0v) is 21.8. The van der Waals surface area contributed by atoms with E-state index in [0.29, 0.717) is 21.7 Å². The zero-order valence-electron chi connectivity index (χ0n) is 18.7. The molecule has 0 saturated heterocycles.